The second-order valence-corrected chi connectivity index (χ2v) is 8.45. The lowest BCUT2D eigenvalue weighted by molar-refractivity contribution is 0.434. The molecule has 0 saturated carbocycles. The average Bonchev–Trinajstić information content (AvgIpc) is 3.41. The Morgan fingerprint density at radius 1 is 1.06 bits per heavy atom. The first kappa shape index (κ1) is 20.5. The Hall–Kier alpha value is -3.35. The third-order valence-electron chi connectivity index (χ3n) is 5.61. The number of rotatable bonds is 4. The Bertz CT molecular complexity index is 1290. The second-order valence-electron chi connectivity index (χ2n) is 7.65. The normalized spacial score (nSPS) is 18.1. The molecule has 32 heavy (non-hydrogen) atoms. The molecule has 3 heterocycles. The molecule has 1 saturated heterocycles. The Morgan fingerprint density at radius 3 is 2.62 bits per heavy atom. The van der Waals surface area contributed by atoms with Crippen molar-refractivity contribution in [2.45, 2.75) is 19.0 Å². The highest BCUT2D eigenvalue weighted by atomic mass is 35.5. The number of aromatic nitrogens is 1. The van der Waals surface area contributed by atoms with Crippen LogP contribution in [0.5, 0.6) is 5.75 Å². The lowest BCUT2D eigenvalue weighted by Gasteiger charge is -2.26. The van der Waals surface area contributed by atoms with Crippen LogP contribution in [0.4, 0.5) is 5.69 Å². The van der Waals surface area contributed by atoms with Gasteiger partial charge in [0.1, 0.15) is 23.3 Å². The molecular weight excluding hydrogens is 442 g/mol. The molecule has 0 unspecified atom stereocenters. The summed E-state index contributed by atoms with van der Waals surface area (Å²) in [6.45, 7) is 1.96. The SMILES string of the molecule is Cc1ccc(-c2ccc([C@H]3[C@H](c4ccccn4)NC(=S)N3c3ccccc3O)o2)cc1Cl. The highest BCUT2D eigenvalue weighted by molar-refractivity contribution is 7.80. The van der Waals surface area contributed by atoms with Crippen LogP contribution in [0.1, 0.15) is 29.1 Å². The summed E-state index contributed by atoms with van der Waals surface area (Å²) in [7, 11) is 0. The number of phenols is 1. The average molecular weight is 462 g/mol. The Morgan fingerprint density at radius 2 is 1.88 bits per heavy atom. The van der Waals surface area contributed by atoms with Crippen LogP contribution in [0.2, 0.25) is 5.02 Å². The fourth-order valence-electron chi connectivity index (χ4n) is 3.98. The van der Waals surface area contributed by atoms with Gasteiger partial charge in [-0.1, -0.05) is 41.9 Å². The van der Waals surface area contributed by atoms with Crippen LogP contribution < -0.4 is 10.2 Å². The van der Waals surface area contributed by atoms with Gasteiger partial charge in [0.15, 0.2) is 5.11 Å². The number of nitrogens with one attached hydrogen (secondary N) is 1. The Kier molecular flexibility index (Phi) is 5.33. The molecule has 0 spiro atoms. The van der Waals surface area contributed by atoms with E-state index in [4.69, 9.17) is 28.2 Å². The lowest BCUT2D eigenvalue weighted by atomic mass is 10.0. The van der Waals surface area contributed by atoms with Gasteiger partial charge in [0.2, 0.25) is 0 Å². The number of aromatic hydroxyl groups is 1. The molecule has 2 atom stereocenters. The van der Waals surface area contributed by atoms with Gasteiger partial charge in [0.25, 0.3) is 0 Å². The quantitative estimate of drug-likeness (QED) is 0.353. The van der Waals surface area contributed by atoms with Crippen molar-refractivity contribution in [1.82, 2.24) is 10.3 Å². The van der Waals surface area contributed by atoms with Gasteiger partial charge in [-0.15, -0.1) is 0 Å². The number of furan rings is 1. The van der Waals surface area contributed by atoms with E-state index in [9.17, 15) is 5.11 Å². The van der Waals surface area contributed by atoms with Crippen LogP contribution in [0.15, 0.2) is 83.4 Å². The van der Waals surface area contributed by atoms with Gasteiger partial charge in [-0.25, -0.2) is 0 Å². The fourth-order valence-corrected chi connectivity index (χ4v) is 4.50. The molecule has 2 N–H and O–H groups in total. The minimum Gasteiger partial charge on any atom is -0.506 e. The number of aryl methyl sites for hydroxylation is 1. The summed E-state index contributed by atoms with van der Waals surface area (Å²) >= 11 is 12.0. The van der Waals surface area contributed by atoms with Crippen LogP contribution in [0, 0.1) is 6.92 Å². The number of pyridine rings is 1. The third-order valence-corrected chi connectivity index (χ3v) is 6.34. The van der Waals surface area contributed by atoms with Gasteiger partial charge in [-0.2, -0.15) is 0 Å². The summed E-state index contributed by atoms with van der Waals surface area (Å²) in [5, 5.41) is 15.1. The Labute approximate surface area is 196 Å². The van der Waals surface area contributed by atoms with E-state index in [2.05, 4.69) is 10.3 Å². The molecule has 1 fully saturated rings. The molecular formula is C25H20ClN3O2S. The predicted octanol–water partition coefficient (Wildman–Crippen LogP) is 6.19. The van der Waals surface area contributed by atoms with Crippen molar-refractivity contribution in [2.75, 3.05) is 4.90 Å². The molecule has 1 aliphatic rings. The number of thiocarbonyl (C=S) groups is 1. The van der Waals surface area contributed by atoms with Crippen LogP contribution in [-0.4, -0.2) is 15.2 Å². The van der Waals surface area contributed by atoms with Crippen molar-refractivity contribution in [3.05, 3.63) is 101 Å². The third kappa shape index (κ3) is 3.61. The number of para-hydroxylation sites is 2. The number of hydrogen-bond acceptors (Lipinski definition) is 4. The molecule has 2 aromatic heterocycles. The molecule has 5 nitrogen and oxygen atoms in total. The first-order chi connectivity index (χ1) is 15.5. The van der Waals surface area contributed by atoms with E-state index < -0.39 is 0 Å². The first-order valence-electron chi connectivity index (χ1n) is 10.2. The van der Waals surface area contributed by atoms with Gasteiger partial charge >= 0.3 is 0 Å². The van der Waals surface area contributed by atoms with Crippen molar-refractivity contribution in [2.24, 2.45) is 0 Å². The molecule has 0 amide bonds. The highest BCUT2D eigenvalue weighted by Gasteiger charge is 2.43. The van der Waals surface area contributed by atoms with Gasteiger partial charge in [0.05, 0.1) is 17.4 Å². The summed E-state index contributed by atoms with van der Waals surface area (Å²) in [6.07, 6.45) is 1.75. The molecule has 0 aliphatic carbocycles. The van der Waals surface area contributed by atoms with E-state index in [-0.39, 0.29) is 17.8 Å². The molecule has 1 aliphatic heterocycles. The van der Waals surface area contributed by atoms with Gasteiger partial charge in [-0.3, -0.25) is 4.98 Å². The monoisotopic (exact) mass is 461 g/mol. The Balaban J connectivity index is 1.61. The minimum absolute atomic E-state index is 0.139. The van der Waals surface area contributed by atoms with E-state index in [1.807, 2.05) is 72.5 Å². The van der Waals surface area contributed by atoms with E-state index in [0.29, 0.717) is 27.3 Å². The van der Waals surface area contributed by atoms with E-state index >= 15 is 0 Å². The number of hydrogen-bond donors (Lipinski definition) is 2. The first-order valence-corrected chi connectivity index (χ1v) is 11.0. The molecule has 5 rings (SSSR count). The smallest absolute Gasteiger partial charge is 0.174 e. The zero-order chi connectivity index (χ0) is 22.2. The van der Waals surface area contributed by atoms with Crippen LogP contribution in [0.3, 0.4) is 0 Å². The summed E-state index contributed by atoms with van der Waals surface area (Å²) in [5.74, 6) is 1.54. The van der Waals surface area contributed by atoms with Crippen LogP contribution in [-0.2, 0) is 0 Å². The van der Waals surface area contributed by atoms with Crippen molar-refractivity contribution < 1.29 is 9.52 Å². The van der Waals surface area contributed by atoms with Gasteiger partial charge in [0, 0.05) is 16.8 Å². The largest absolute Gasteiger partial charge is 0.506 e. The van der Waals surface area contributed by atoms with Crippen molar-refractivity contribution >= 4 is 34.6 Å². The number of nitrogens with zero attached hydrogens (tertiary/aromatic N) is 2. The maximum Gasteiger partial charge on any atom is 0.174 e. The van der Waals surface area contributed by atoms with Crippen molar-refractivity contribution in [3.63, 3.8) is 0 Å². The summed E-state index contributed by atoms with van der Waals surface area (Å²) in [6, 6.07) is 22.0. The van der Waals surface area contributed by atoms with Gasteiger partial charge in [-0.05, 0) is 67.2 Å². The predicted molar refractivity (Wildman–Crippen MR) is 130 cm³/mol. The highest BCUT2D eigenvalue weighted by Crippen LogP contribution is 2.45. The van der Waals surface area contributed by atoms with Crippen LogP contribution in [0.25, 0.3) is 11.3 Å². The van der Waals surface area contributed by atoms with Crippen molar-refractivity contribution in [1.29, 1.82) is 0 Å². The number of anilines is 1. The topological polar surface area (TPSA) is 61.5 Å². The number of benzene rings is 2. The number of halogens is 1. The lowest BCUT2D eigenvalue weighted by Crippen LogP contribution is -2.29. The zero-order valence-electron chi connectivity index (χ0n) is 17.2. The molecule has 160 valence electrons. The van der Waals surface area contributed by atoms with E-state index in [1.54, 1.807) is 18.3 Å². The summed E-state index contributed by atoms with van der Waals surface area (Å²) < 4.78 is 6.33. The van der Waals surface area contributed by atoms with E-state index in [1.165, 1.54) is 0 Å². The molecule has 0 bridgehead atoms. The maximum absolute atomic E-state index is 10.6. The van der Waals surface area contributed by atoms with Crippen molar-refractivity contribution in [3.8, 4) is 17.1 Å². The van der Waals surface area contributed by atoms with E-state index in [0.717, 1.165) is 16.8 Å². The number of phenolic OH excluding ortho intramolecular Hbond substituents is 1. The molecule has 2 aromatic carbocycles. The standard InChI is InChI=1S/C25H20ClN3O2S/c1-15-9-10-16(14-17(15)26)21-11-12-22(31-21)24-23(18-6-4-5-13-27-18)28-25(32)29(24)19-7-2-3-8-20(19)30/h2-14,23-24,30H,1H3,(H,28,32)/t23-,24-/m0/s1. The maximum atomic E-state index is 10.6. The van der Waals surface area contributed by atoms with Crippen LogP contribution >= 0.6 is 23.8 Å². The zero-order valence-corrected chi connectivity index (χ0v) is 18.8. The van der Waals surface area contributed by atoms with Gasteiger partial charge < -0.3 is 19.7 Å². The fraction of sp³-hybridized carbons (Fsp3) is 0.120. The summed E-state index contributed by atoms with van der Waals surface area (Å²) in [4.78, 5) is 6.42. The molecule has 7 heteroatoms. The minimum atomic E-state index is -0.347. The second kappa shape index (κ2) is 8.30. The summed E-state index contributed by atoms with van der Waals surface area (Å²) in [5.41, 5.74) is 3.33. The molecule has 4 aromatic rings. The molecule has 0 radical (unpaired) electrons.